The molecule has 1 fully saturated rings. The van der Waals surface area contributed by atoms with Gasteiger partial charge in [0.25, 0.3) is 0 Å². The maximum absolute atomic E-state index is 13.7. The van der Waals surface area contributed by atoms with Crippen molar-refractivity contribution in [2.75, 3.05) is 13.1 Å². The molecule has 1 heterocycles. The molecule has 4 nitrogen and oxygen atoms in total. The average Bonchev–Trinajstić information content (AvgIpc) is 2.75. The molecule has 1 aliphatic heterocycles. The van der Waals surface area contributed by atoms with Gasteiger partial charge in [-0.3, -0.25) is 4.79 Å². The van der Waals surface area contributed by atoms with E-state index in [4.69, 9.17) is 5.73 Å². The second-order valence-electron chi connectivity index (χ2n) is 5.01. The fraction of sp³-hybridized carbons (Fsp3) is 0.462. The highest BCUT2D eigenvalue weighted by atomic mass is 19.1. The summed E-state index contributed by atoms with van der Waals surface area (Å²) < 4.78 is 13.7. The first-order valence-corrected chi connectivity index (χ1v) is 6.04. The first-order chi connectivity index (χ1) is 8.50. The van der Waals surface area contributed by atoms with Gasteiger partial charge in [0.1, 0.15) is 5.82 Å². The number of halogens is 1. The molecule has 4 N–H and O–H groups in total. The molecule has 0 spiro atoms. The highest BCUT2D eigenvalue weighted by Gasteiger charge is 2.27. The Morgan fingerprint density at radius 1 is 1.61 bits per heavy atom. The molecule has 1 aromatic rings. The molecular weight excluding hydrogens is 233 g/mol. The van der Waals surface area contributed by atoms with E-state index < -0.39 is 11.7 Å². The van der Waals surface area contributed by atoms with Crippen LogP contribution in [0.2, 0.25) is 0 Å². The highest BCUT2D eigenvalue weighted by Crippen LogP contribution is 2.16. The molecule has 98 valence electrons. The molecule has 1 amide bonds. The number of carbonyl (C=O) groups is 1. The van der Waals surface area contributed by atoms with E-state index in [1.165, 1.54) is 6.07 Å². The Labute approximate surface area is 106 Å². The Morgan fingerprint density at radius 3 is 2.94 bits per heavy atom. The lowest BCUT2D eigenvalue weighted by Crippen LogP contribution is -2.43. The van der Waals surface area contributed by atoms with Crippen LogP contribution >= 0.6 is 0 Å². The Morgan fingerprint density at radius 2 is 2.39 bits per heavy atom. The van der Waals surface area contributed by atoms with Crippen LogP contribution in [-0.4, -0.2) is 24.5 Å². The van der Waals surface area contributed by atoms with Crippen molar-refractivity contribution in [3.63, 3.8) is 0 Å². The van der Waals surface area contributed by atoms with Gasteiger partial charge in [-0.2, -0.15) is 0 Å². The van der Waals surface area contributed by atoms with Crippen molar-refractivity contribution in [1.29, 1.82) is 0 Å². The van der Waals surface area contributed by atoms with Gasteiger partial charge >= 0.3 is 0 Å². The summed E-state index contributed by atoms with van der Waals surface area (Å²) in [6.45, 7) is 4.42. The van der Waals surface area contributed by atoms with Crippen LogP contribution in [0, 0.1) is 5.82 Å². The number of hydrogen-bond donors (Lipinski definition) is 3. The molecule has 18 heavy (non-hydrogen) atoms. The number of hydrogen-bond acceptors (Lipinski definition) is 3. The van der Waals surface area contributed by atoms with E-state index >= 15 is 0 Å². The molecule has 1 atom stereocenters. The van der Waals surface area contributed by atoms with Crippen molar-refractivity contribution < 1.29 is 9.18 Å². The minimum atomic E-state index is -0.611. The maximum Gasteiger partial charge on any atom is 0.248 e. The standard InChI is InChI=1S/C13H18FN3O/c1-13(4-5-16-8-13)17-7-10-3-2-9(12(15)18)6-11(10)14/h2-3,6,16-17H,4-5,7-8H2,1H3,(H2,15,18). The largest absolute Gasteiger partial charge is 0.366 e. The van der Waals surface area contributed by atoms with E-state index in [0.29, 0.717) is 12.1 Å². The van der Waals surface area contributed by atoms with Crippen LogP contribution in [0.5, 0.6) is 0 Å². The number of nitrogens with two attached hydrogens (primary N) is 1. The molecule has 0 aliphatic carbocycles. The van der Waals surface area contributed by atoms with Gasteiger partial charge in [0, 0.05) is 29.8 Å². The van der Waals surface area contributed by atoms with Crippen LogP contribution in [0.25, 0.3) is 0 Å². The van der Waals surface area contributed by atoms with E-state index in [1.807, 2.05) is 0 Å². The van der Waals surface area contributed by atoms with E-state index in [0.717, 1.165) is 19.5 Å². The van der Waals surface area contributed by atoms with Crippen LogP contribution < -0.4 is 16.4 Å². The molecule has 0 aromatic heterocycles. The van der Waals surface area contributed by atoms with Gasteiger partial charge in [0.15, 0.2) is 0 Å². The van der Waals surface area contributed by atoms with E-state index in [9.17, 15) is 9.18 Å². The summed E-state index contributed by atoms with van der Waals surface area (Å²) in [5.41, 5.74) is 5.85. The minimum Gasteiger partial charge on any atom is -0.366 e. The van der Waals surface area contributed by atoms with E-state index in [-0.39, 0.29) is 11.1 Å². The maximum atomic E-state index is 13.7. The minimum absolute atomic E-state index is 0.00873. The summed E-state index contributed by atoms with van der Waals surface area (Å²) in [7, 11) is 0. The van der Waals surface area contributed by atoms with Gasteiger partial charge in [0.05, 0.1) is 0 Å². The number of rotatable bonds is 4. The Bertz CT molecular complexity index is 456. The third-order valence-corrected chi connectivity index (χ3v) is 3.41. The van der Waals surface area contributed by atoms with Crippen molar-refractivity contribution in [3.8, 4) is 0 Å². The van der Waals surface area contributed by atoms with Crippen molar-refractivity contribution in [1.82, 2.24) is 10.6 Å². The van der Waals surface area contributed by atoms with Gasteiger partial charge < -0.3 is 16.4 Å². The Kier molecular flexibility index (Phi) is 3.63. The third kappa shape index (κ3) is 2.86. The molecule has 0 saturated carbocycles. The number of primary amides is 1. The average molecular weight is 251 g/mol. The molecule has 1 saturated heterocycles. The quantitative estimate of drug-likeness (QED) is 0.740. The molecule has 0 radical (unpaired) electrons. The van der Waals surface area contributed by atoms with Crippen LogP contribution in [-0.2, 0) is 6.54 Å². The van der Waals surface area contributed by atoms with Crippen molar-refractivity contribution in [2.24, 2.45) is 5.73 Å². The van der Waals surface area contributed by atoms with Gasteiger partial charge in [-0.1, -0.05) is 6.07 Å². The summed E-state index contributed by atoms with van der Waals surface area (Å²) in [6, 6.07) is 4.35. The molecule has 1 aliphatic rings. The van der Waals surface area contributed by atoms with Crippen LogP contribution in [0.15, 0.2) is 18.2 Å². The summed E-state index contributed by atoms with van der Waals surface area (Å²) in [5, 5.41) is 6.62. The lowest BCUT2D eigenvalue weighted by Gasteiger charge is -2.24. The van der Waals surface area contributed by atoms with Gasteiger partial charge in [-0.05, 0) is 32.0 Å². The fourth-order valence-electron chi connectivity index (χ4n) is 2.12. The predicted octanol–water partition coefficient (Wildman–Crippen LogP) is 0.766. The lowest BCUT2D eigenvalue weighted by atomic mass is 10.0. The van der Waals surface area contributed by atoms with Gasteiger partial charge in [0.2, 0.25) is 5.91 Å². The summed E-state index contributed by atoms with van der Waals surface area (Å²) >= 11 is 0. The number of amides is 1. The van der Waals surface area contributed by atoms with Crippen molar-refractivity contribution in [3.05, 3.63) is 35.1 Å². The zero-order chi connectivity index (χ0) is 13.2. The first kappa shape index (κ1) is 13.0. The predicted molar refractivity (Wildman–Crippen MR) is 67.6 cm³/mol. The van der Waals surface area contributed by atoms with Gasteiger partial charge in [-0.15, -0.1) is 0 Å². The fourth-order valence-corrected chi connectivity index (χ4v) is 2.12. The number of carbonyl (C=O) groups excluding carboxylic acids is 1. The zero-order valence-electron chi connectivity index (χ0n) is 10.4. The van der Waals surface area contributed by atoms with Gasteiger partial charge in [-0.25, -0.2) is 4.39 Å². The third-order valence-electron chi connectivity index (χ3n) is 3.41. The van der Waals surface area contributed by atoms with Crippen LogP contribution in [0.3, 0.4) is 0 Å². The zero-order valence-corrected chi connectivity index (χ0v) is 10.4. The van der Waals surface area contributed by atoms with Crippen LogP contribution in [0.4, 0.5) is 4.39 Å². The summed E-state index contributed by atoms with van der Waals surface area (Å²) in [5.74, 6) is -1.01. The molecule has 1 unspecified atom stereocenters. The van der Waals surface area contributed by atoms with E-state index in [2.05, 4.69) is 17.6 Å². The van der Waals surface area contributed by atoms with E-state index in [1.54, 1.807) is 12.1 Å². The smallest absolute Gasteiger partial charge is 0.248 e. The highest BCUT2D eigenvalue weighted by molar-refractivity contribution is 5.92. The molecule has 2 rings (SSSR count). The van der Waals surface area contributed by atoms with Crippen molar-refractivity contribution in [2.45, 2.75) is 25.4 Å². The van der Waals surface area contributed by atoms with Crippen LogP contribution in [0.1, 0.15) is 29.3 Å². The normalized spacial score (nSPS) is 23.2. The number of nitrogens with one attached hydrogen (secondary N) is 2. The van der Waals surface area contributed by atoms with Crippen molar-refractivity contribution >= 4 is 5.91 Å². The second-order valence-corrected chi connectivity index (χ2v) is 5.01. The molecule has 0 bridgehead atoms. The lowest BCUT2D eigenvalue weighted by molar-refractivity contribution is 0.1000. The molecular formula is C13H18FN3O. The molecule has 5 heteroatoms. The summed E-state index contributed by atoms with van der Waals surface area (Å²) in [4.78, 5) is 10.9. The Hall–Kier alpha value is -1.46. The second kappa shape index (κ2) is 5.04. The summed E-state index contributed by atoms with van der Waals surface area (Å²) in [6.07, 6.45) is 1.02. The molecule has 1 aromatic carbocycles. The monoisotopic (exact) mass is 251 g/mol. The Balaban J connectivity index is 2.03. The topological polar surface area (TPSA) is 67.1 Å². The first-order valence-electron chi connectivity index (χ1n) is 6.04. The number of benzene rings is 1. The SMILES string of the molecule is CC1(NCc2ccc(C(N)=O)cc2F)CCNC1.